The summed E-state index contributed by atoms with van der Waals surface area (Å²) >= 11 is 0. The van der Waals surface area contributed by atoms with Gasteiger partial charge in [-0.3, -0.25) is 9.89 Å². The van der Waals surface area contributed by atoms with Gasteiger partial charge >= 0.3 is 0 Å². The van der Waals surface area contributed by atoms with Crippen LogP contribution in [0, 0.1) is 6.92 Å². The van der Waals surface area contributed by atoms with Gasteiger partial charge in [0.25, 0.3) is 5.91 Å². The molecule has 2 N–H and O–H groups in total. The summed E-state index contributed by atoms with van der Waals surface area (Å²) in [5.41, 5.74) is 7.45. The molecule has 0 aliphatic carbocycles. The van der Waals surface area contributed by atoms with E-state index in [1.165, 1.54) is 5.56 Å². The fourth-order valence-electron chi connectivity index (χ4n) is 3.25. The molecule has 4 aromatic rings. The molecule has 1 amide bonds. The zero-order chi connectivity index (χ0) is 23.8. The molecule has 0 radical (unpaired) electrons. The summed E-state index contributed by atoms with van der Waals surface area (Å²) in [7, 11) is 0. The fourth-order valence-corrected chi connectivity index (χ4v) is 3.25. The molecule has 3 aromatic carbocycles. The normalized spacial score (nSPS) is 10.9. The van der Waals surface area contributed by atoms with Crippen molar-refractivity contribution in [2.24, 2.45) is 5.10 Å². The molecule has 0 aliphatic heterocycles. The Labute approximate surface area is 198 Å². The van der Waals surface area contributed by atoms with E-state index < -0.39 is 0 Å². The summed E-state index contributed by atoms with van der Waals surface area (Å²) in [6.45, 7) is 5.03. The van der Waals surface area contributed by atoms with E-state index >= 15 is 0 Å². The molecule has 0 aliphatic rings. The number of para-hydroxylation sites is 1. The molecule has 1 aromatic heterocycles. The maximum Gasteiger partial charge on any atom is 0.289 e. The Hall–Kier alpha value is -4.39. The number of carbonyl (C=O) groups is 1. The summed E-state index contributed by atoms with van der Waals surface area (Å²) in [6, 6.07) is 25.0. The topological polar surface area (TPSA) is 88.6 Å². The lowest BCUT2D eigenvalue weighted by Crippen LogP contribution is -2.18. The van der Waals surface area contributed by atoms with Crippen LogP contribution in [0.4, 0.5) is 0 Å². The summed E-state index contributed by atoms with van der Waals surface area (Å²) < 4.78 is 11.4. The van der Waals surface area contributed by atoms with Gasteiger partial charge in [0.15, 0.2) is 0 Å². The number of carbonyl (C=O) groups excluding carboxylic acids is 1. The van der Waals surface area contributed by atoms with Crippen LogP contribution in [0.25, 0.3) is 11.3 Å². The van der Waals surface area contributed by atoms with Crippen LogP contribution >= 0.6 is 0 Å². The van der Waals surface area contributed by atoms with Gasteiger partial charge in [-0.25, -0.2) is 5.43 Å². The van der Waals surface area contributed by atoms with Gasteiger partial charge in [0.05, 0.1) is 18.5 Å². The summed E-state index contributed by atoms with van der Waals surface area (Å²) in [6.07, 6.45) is 1.55. The monoisotopic (exact) mass is 454 g/mol. The minimum atomic E-state index is -0.387. The highest BCUT2D eigenvalue weighted by molar-refractivity contribution is 5.94. The maximum atomic E-state index is 12.4. The van der Waals surface area contributed by atoms with Crippen molar-refractivity contribution in [2.45, 2.75) is 20.5 Å². The van der Waals surface area contributed by atoms with E-state index in [-0.39, 0.29) is 5.91 Å². The lowest BCUT2D eigenvalue weighted by Gasteiger charge is -2.07. The van der Waals surface area contributed by atoms with E-state index in [0.29, 0.717) is 30.4 Å². The second kappa shape index (κ2) is 11.0. The molecule has 7 heteroatoms. The number of amides is 1. The molecule has 0 saturated carbocycles. The lowest BCUT2D eigenvalue weighted by molar-refractivity contribution is 0.0950. The number of H-pyrrole nitrogens is 1. The van der Waals surface area contributed by atoms with Gasteiger partial charge in [-0.15, -0.1) is 0 Å². The van der Waals surface area contributed by atoms with Gasteiger partial charge < -0.3 is 9.47 Å². The van der Waals surface area contributed by atoms with Crippen LogP contribution in [0.2, 0.25) is 0 Å². The lowest BCUT2D eigenvalue weighted by atomic mass is 10.1. The molecule has 172 valence electrons. The van der Waals surface area contributed by atoms with Crippen molar-refractivity contribution in [3.05, 3.63) is 101 Å². The molecule has 1 heterocycles. The zero-order valence-corrected chi connectivity index (χ0v) is 19.1. The minimum absolute atomic E-state index is 0.310. The Morgan fingerprint density at radius 2 is 1.79 bits per heavy atom. The number of benzene rings is 3. The van der Waals surface area contributed by atoms with Crippen LogP contribution < -0.4 is 14.9 Å². The first kappa shape index (κ1) is 22.8. The standard InChI is InChI=1S/C27H26N4O3/c1-3-33-26-7-5-4-6-22(26)17-28-31-27(32)25-16-24(29-30-25)21-12-14-23(15-13-21)34-18-20-10-8-19(2)9-11-20/h4-17H,3,18H2,1-2H3,(H,29,30)(H,31,32). The average molecular weight is 455 g/mol. The first-order valence-electron chi connectivity index (χ1n) is 11.0. The Morgan fingerprint density at radius 1 is 1.03 bits per heavy atom. The summed E-state index contributed by atoms with van der Waals surface area (Å²) in [5.74, 6) is 1.08. The van der Waals surface area contributed by atoms with Crippen molar-refractivity contribution in [2.75, 3.05) is 6.61 Å². The molecule has 34 heavy (non-hydrogen) atoms. The Bertz CT molecular complexity index is 1260. The third kappa shape index (κ3) is 5.89. The average Bonchev–Trinajstić information content (AvgIpc) is 3.36. The molecule has 7 nitrogen and oxygen atoms in total. The number of aromatic amines is 1. The minimum Gasteiger partial charge on any atom is -0.493 e. The number of aryl methyl sites for hydroxylation is 1. The molecule has 0 fully saturated rings. The third-order valence-electron chi connectivity index (χ3n) is 5.09. The zero-order valence-electron chi connectivity index (χ0n) is 19.1. The summed E-state index contributed by atoms with van der Waals surface area (Å²) in [4.78, 5) is 12.4. The van der Waals surface area contributed by atoms with Gasteiger partial charge in [-0.2, -0.15) is 10.2 Å². The first-order chi connectivity index (χ1) is 16.6. The summed E-state index contributed by atoms with van der Waals surface area (Å²) in [5, 5.41) is 11.0. The van der Waals surface area contributed by atoms with Gasteiger partial charge in [-0.05, 0) is 61.9 Å². The highest BCUT2D eigenvalue weighted by atomic mass is 16.5. The molecular weight excluding hydrogens is 428 g/mol. The van der Waals surface area contributed by atoms with Crippen LogP contribution in [0.5, 0.6) is 11.5 Å². The number of hydrogen-bond acceptors (Lipinski definition) is 5. The molecule has 0 unspecified atom stereocenters. The fraction of sp³-hybridized carbons (Fsp3) is 0.148. The molecule has 0 atom stereocenters. The van der Waals surface area contributed by atoms with E-state index in [0.717, 1.165) is 22.4 Å². The van der Waals surface area contributed by atoms with Crippen LogP contribution in [0.3, 0.4) is 0 Å². The van der Waals surface area contributed by atoms with Crippen molar-refractivity contribution in [1.29, 1.82) is 0 Å². The van der Waals surface area contributed by atoms with Gasteiger partial charge in [0, 0.05) is 11.1 Å². The van der Waals surface area contributed by atoms with Crippen molar-refractivity contribution in [1.82, 2.24) is 15.6 Å². The highest BCUT2D eigenvalue weighted by Crippen LogP contribution is 2.22. The predicted molar refractivity (Wildman–Crippen MR) is 132 cm³/mol. The quantitative estimate of drug-likeness (QED) is 0.271. The largest absolute Gasteiger partial charge is 0.493 e. The van der Waals surface area contributed by atoms with Crippen LogP contribution in [0.1, 0.15) is 34.1 Å². The number of nitrogens with zero attached hydrogens (tertiary/aromatic N) is 2. The number of nitrogens with one attached hydrogen (secondary N) is 2. The van der Waals surface area contributed by atoms with Crippen LogP contribution in [-0.4, -0.2) is 28.9 Å². The van der Waals surface area contributed by atoms with Crippen LogP contribution in [-0.2, 0) is 6.61 Å². The first-order valence-corrected chi connectivity index (χ1v) is 11.0. The highest BCUT2D eigenvalue weighted by Gasteiger charge is 2.11. The van der Waals surface area contributed by atoms with Gasteiger partial charge in [0.1, 0.15) is 23.8 Å². The predicted octanol–water partition coefficient (Wildman–Crippen LogP) is 5.13. The third-order valence-corrected chi connectivity index (χ3v) is 5.09. The Balaban J connectivity index is 1.34. The van der Waals surface area contributed by atoms with E-state index in [9.17, 15) is 4.79 Å². The second-order valence-corrected chi connectivity index (χ2v) is 7.64. The Kier molecular flexibility index (Phi) is 7.35. The van der Waals surface area contributed by atoms with E-state index in [4.69, 9.17) is 9.47 Å². The molecule has 4 rings (SSSR count). The SMILES string of the molecule is CCOc1ccccc1C=NNC(=O)c1cc(-c2ccc(OCc3ccc(C)cc3)cc2)n[nH]1. The molecule has 0 spiro atoms. The van der Waals surface area contributed by atoms with Gasteiger partial charge in [-0.1, -0.05) is 42.0 Å². The van der Waals surface area contributed by atoms with Crippen molar-refractivity contribution >= 4 is 12.1 Å². The maximum absolute atomic E-state index is 12.4. The molecule has 0 saturated heterocycles. The molecular formula is C27H26N4O3. The van der Waals surface area contributed by atoms with Crippen molar-refractivity contribution in [3.63, 3.8) is 0 Å². The Morgan fingerprint density at radius 3 is 2.56 bits per heavy atom. The van der Waals surface area contributed by atoms with Crippen molar-refractivity contribution < 1.29 is 14.3 Å². The number of ether oxygens (including phenoxy) is 2. The number of hydrazone groups is 1. The van der Waals surface area contributed by atoms with Crippen LogP contribution in [0.15, 0.2) is 84.0 Å². The number of hydrogen-bond donors (Lipinski definition) is 2. The van der Waals surface area contributed by atoms with Crippen molar-refractivity contribution in [3.8, 4) is 22.8 Å². The molecule has 0 bridgehead atoms. The van der Waals surface area contributed by atoms with E-state index in [1.54, 1.807) is 12.3 Å². The number of rotatable bonds is 9. The number of aromatic nitrogens is 2. The van der Waals surface area contributed by atoms with Gasteiger partial charge in [0.2, 0.25) is 0 Å². The smallest absolute Gasteiger partial charge is 0.289 e. The van der Waals surface area contributed by atoms with E-state index in [1.807, 2.05) is 55.5 Å². The second-order valence-electron chi connectivity index (χ2n) is 7.64. The van der Waals surface area contributed by atoms with E-state index in [2.05, 4.69) is 51.9 Å².